The summed E-state index contributed by atoms with van der Waals surface area (Å²) in [5.74, 6) is 0.00734. The number of carbonyl (C=O) groups is 2. The van der Waals surface area contributed by atoms with Crippen molar-refractivity contribution in [3.05, 3.63) is 35.9 Å². The molecule has 0 aromatic heterocycles. The normalized spacial score (nSPS) is 21.4. The molecule has 1 fully saturated rings. The van der Waals surface area contributed by atoms with Crippen molar-refractivity contribution in [2.24, 2.45) is 11.8 Å². The number of hydrogen-bond donors (Lipinski definition) is 2. The molecule has 1 aliphatic rings. The van der Waals surface area contributed by atoms with Gasteiger partial charge in [-0.25, -0.2) is 9.59 Å². The lowest BCUT2D eigenvalue weighted by Crippen LogP contribution is -2.41. The van der Waals surface area contributed by atoms with Crippen LogP contribution in [0.4, 0.5) is 4.79 Å². The number of alkyl carbamates (subject to hydrolysis) is 1. The van der Waals surface area contributed by atoms with Gasteiger partial charge < -0.3 is 15.2 Å². The van der Waals surface area contributed by atoms with E-state index in [9.17, 15) is 14.7 Å². The predicted octanol–water partition coefficient (Wildman–Crippen LogP) is 2.80. The third-order valence-electron chi connectivity index (χ3n) is 3.93. The van der Waals surface area contributed by atoms with E-state index in [4.69, 9.17) is 4.74 Å². The first-order valence-corrected chi connectivity index (χ1v) is 7.30. The highest BCUT2D eigenvalue weighted by Crippen LogP contribution is 2.44. The lowest BCUT2D eigenvalue weighted by molar-refractivity contribution is -0.139. The van der Waals surface area contributed by atoms with Crippen LogP contribution in [0.25, 0.3) is 0 Å². The van der Waals surface area contributed by atoms with Crippen LogP contribution in [-0.2, 0) is 16.1 Å². The monoisotopic (exact) mass is 291 g/mol. The smallest absolute Gasteiger partial charge is 0.408 e. The Hall–Kier alpha value is -2.04. The molecule has 3 unspecified atom stereocenters. The highest BCUT2D eigenvalue weighted by atomic mass is 16.5. The van der Waals surface area contributed by atoms with E-state index in [0.717, 1.165) is 18.4 Å². The van der Waals surface area contributed by atoms with Gasteiger partial charge in [-0.3, -0.25) is 0 Å². The van der Waals surface area contributed by atoms with E-state index < -0.39 is 18.1 Å². The largest absolute Gasteiger partial charge is 0.480 e. The molecule has 0 radical (unpaired) electrons. The zero-order valence-electron chi connectivity index (χ0n) is 12.1. The molecule has 1 aromatic rings. The third kappa shape index (κ3) is 4.77. The SMILES string of the molecule is CCC1CC1CC(NC(=O)OCc1ccccc1)C(=O)O. The van der Waals surface area contributed by atoms with Gasteiger partial charge in [0.05, 0.1) is 0 Å². The van der Waals surface area contributed by atoms with Gasteiger partial charge in [0.2, 0.25) is 0 Å². The fourth-order valence-corrected chi connectivity index (χ4v) is 2.53. The van der Waals surface area contributed by atoms with Crippen molar-refractivity contribution in [2.75, 3.05) is 0 Å². The Morgan fingerprint density at radius 1 is 1.33 bits per heavy atom. The third-order valence-corrected chi connectivity index (χ3v) is 3.93. The van der Waals surface area contributed by atoms with Crippen LogP contribution in [-0.4, -0.2) is 23.2 Å². The highest BCUT2D eigenvalue weighted by molar-refractivity contribution is 5.79. The molecule has 1 aromatic carbocycles. The van der Waals surface area contributed by atoms with Gasteiger partial charge in [-0.15, -0.1) is 0 Å². The van der Waals surface area contributed by atoms with E-state index in [2.05, 4.69) is 12.2 Å². The standard InChI is InChI=1S/C16H21NO4/c1-2-12-8-13(12)9-14(15(18)19)17-16(20)21-10-11-6-4-3-5-7-11/h3-7,12-14H,2,8-10H2,1H3,(H,17,20)(H,18,19). The molecular formula is C16H21NO4. The Bertz CT molecular complexity index is 488. The summed E-state index contributed by atoms with van der Waals surface area (Å²) in [4.78, 5) is 22.9. The lowest BCUT2D eigenvalue weighted by atomic mass is 10.1. The van der Waals surface area contributed by atoms with Crippen molar-refractivity contribution in [3.8, 4) is 0 Å². The minimum Gasteiger partial charge on any atom is -0.480 e. The molecule has 1 saturated carbocycles. The molecule has 1 aliphatic carbocycles. The topological polar surface area (TPSA) is 75.6 Å². The number of nitrogens with one attached hydrogen (secondary N) is 1. The zero-order valence-corrected chi connectivity index (χ0v) is 12.1. The van der Waals surface area contributed by atoms with E-state index in [1.165, 1.54) is 0 Å². The Balaban J connectivity index is 1.77. The summed E-state index contributed by atoms with van der Waals surface area (Å²) < 4.78 is 5.05. The number of aliphatic carboxylic acids is 1. The van der Waals surface area contributed by atoms with Crippen LogP contribution in [0.15, 0.2) is 30.3 Å². The van der Waals surface area contributed by atoms with Crippen molar-refractivity contribution in [3.63, 3.8) is 0 Å². The number of rotatable bonds is 7. The highest BCUT2D eigenvalue weighted by Gasteiger charge is 2.39. The molecule has 0 saturated heterocycles. The maximum absolute atomic E-state index is 11.7. The van der Waals surface area contributed by atoms with Crippen molar-refractivity contribution in [1.82, 2.24) is 5.32 Å². The van der Waals surface area contributed by atoms with Gasteiger partial charge in [0.1, 0.15) is 12.6 Å². The van der Waals surface area contributed by atoms with E-state index in [1.54, 1.807) is 0 Å². The molecule has 114 valence electrons. The molecular weight excluding hydrogens is 270 g/mol. The maximum Gasteiger partial charge on any atom is 0.408 e. The number of hydrogen-bond acceptors (Lipinski definition) is 3. The number of carbonyl (C=O) groups excluding carboxylic acids is 1. The van der Waals surface area contributed by atoms with Crippen molar-refractivity contribution in [1.29, 1.82) is 0 Å². The first-order valence-electron chi connectivity index (χ1n) is 7.30. The molecule has 21 heavy (non-hydrogen) atoms. The van der Waals surface area contributed by atoms with Crippen LogP contribution in [0.3, 0.4) is 0 Å². The van der Waals surface area contributed by atoms with E-state index in [1.807, 2.05) is 30.3 Å². The molecule has 5 heteroatoms. The summed E-state index contributed by atoms with van der Waals surface area (Å²) >= 11 is 0. The predicted molar refractivity (Wildman–Crippen MR) is 77.7 cm³/mol. The van der Waals surface area contributed by atoms with Gasteiger partial charge in [0, 0.05) is 0 Å². The Kier molecular flexibility index (Phi) is 5.20. The van der Waals surface area contributed by atoms with Crippen LogP contribution in [0.1, 0.15) is 31.7 Å². The van der Waals surface area contributed by atoms with Crippen LogP contribution < -0.4 is 5.32 Å². The fourth-order valence-electron chi connectivity index (χ4n) is 2.53. The molecule has 0 heterocycles. The number of carboxylic acid groups (broad SMARTS) is 1. The van der Waals surface area contributed by atoms with Crippen molar-refractivity contribution >= 4 is 12.1 Å². The average molecular weight is 291 g/mol. The number of ether oxygens (including phenoxy) is 1. The second-order valence-corrected chi connectivity index (χ2v) is 5.50. The zero-order chi connectivity index (χ0) is 15.2. The summed E-state index contributed by atoms with van der Waals surface area (Å²) in [6.07, 6.45) is 1.92. The van der Waals surface area contributed by atoms with Crippen molar-refractivity contribution < 1.29 is 19.4 Å². The van der Waals surface area contributed by atoms with Gasteiger partial charge in [-0.1, -0.05) is 43.7 Å². The summed E-state index contributed by atoms with van der Waals surface area (Å²) in [5.41, 5.74) is 0.868. The van der Waals surface area contributed by atoms with E-state index in [-0.39, 0.29) is 6.61 Å². The quantitative estimate of drug-likeness (QED) is 0.810. The Labute approximate surface area is 124 Å². The Morgan fingerprint density at radius 3 is 2.62 bits per heavy atom. The summed E-state index contributed by atoms with van der Waals surface area (Å²) in [6, 6.07) is 8.41. The van der Waals surface area contributed by atoms with Crippen molar-refractivity contribution in [2.45, 2.75) is 38.8 Å². The number of benzene rings is 1. The van der Waals surface area contributed by atoms with Gasteiger partial charge in [0.15, 0.2) is 0 Å². The maximum atomic E-state index is 11.7. The van der Waals surface area contributed by atoms with Gasteiger partial charge in [-0.05, 0) is 30.2 Å². The molecule has 1 amide bonds. The number of amides is 1. The first kappa shape index (κ1) is 15.4. The summed E-state index contributed by atoms with van der Waals surface area (Å²) in [5, 5.41) is 11.6. The van der Waals surface area contributed by atoms with Gasteiger partial charge in [0.25, 0.3) is 0 Å². The minimum atomic E-state index is -1.01. The molecule has 2 N–H and O–H groups in total. The summed E-state index contributed by atoms with van der Waals surface area (Å²) in [6.45, 7) is 2.24. The Morgan fingerprint density at radius 2 is 2.05 bits per heavy atom. The van der Waals surface area contributed by atoms with Crippen LogP contribution in [0, 0.1) is 11.8 Å². The van der Waals surface area contributed by atoms with Crippen LogP contribution in [0.5, 0.6) is 0 Å². The molecule has 5 nitrogen and oxygen atoms in total. The molecule has 3 atom stereocenters. The van der Waals surface area contributed by atoms with Crippen LogP contribution in [0.2, 0.25) is 0 Å². The van der Waals surface area contributed by atoms with Crippen LogP contribution >= 0.6 is 0 Å². The lowest BCUT2D eigenvalue weighted by Gasteiger charge is -2.14. The molecule has 2 rings (SSSR count). The minimum absolute atomic E-state index is 0.139. The second-order valence-electron chi connectivity index (χ2n) is 5.50. The van der Waals surface area contributed by atoms with Gasteiger partial charge >= 0.3 is 12.1 Å². The van der Waals surface area contributed by atoms with E-state index in [0.29, 0.717) is 18.3 Å². The van der Waals surface area contributed by atoms with Gasteiger partial charge in [-0.2, -0.15) is 0 Å². The molecule has 0 bridgehead atoms. The van der Waals surface area contributed by atoms with E-state index >= 15 is 0 Å². The first-order chi connectivity index (χ1) is 10.1. The number of carboxylic acids is 1. The average Bonchev–Trinajstić information content (AvgIpc) is 3.24. The fraction of sp³-hybridized carbons (Fsp3) is 0.500. The molecule has 0 aliphatic heterocycles. The second kappa shape index (κ2) is 7.11. The summed E-state index contributed by atoms with van der Waals surface area (Å²) in [7, 11) is 0. The molecule has 0 spiro atoms.